The molecule has 0 aliphatic carbocycles. The molecule has 0 atom stereocenters. The van der Waals surface area contributed by atoms with E-state index in [0.29, 0.717) is 12.2 Å². The lowest BCUT2D eigenvalue weighted by Gasteiger charge is -2.08. The highest BCUT2D eigenvalue weighted by atomic mass is 16.5. The van der Waals surface area contributed by atoms with Gasteiger partial charge in [0.15, 0.2) is 0 Å². The number of unbranched alkanes of at least 4 members (excludes halogenated alkanes) is 1. The molecule has 5 heteroatoms. The summed E-state index contributed by atoms with van der Waals surface area (Å²) in [6.07, 6.45) is 3.80. The molecule has 0 aliphatic rings. The summed E-state index contributed by atoms with van der Waals surface area (Å²) >= 11 is 0. The molecule has 1 aromatic heterocycles. The van der Waals surface area contributed by atoms with E-state index >= 15 is 0 Å². The van der Waals surface area contributed by atoms with Gasteiger partial charge in [-0.05, 0) is 45.7 Å². The quantitative estimate of drug-likeness (QED) is 0.682. The Bertz CT molecular complexity index is 391. The molecule has 0 radical (unpaired) electrons. The first-order chi connectivity index (χ1) is 9.63. The van der Waals surface area contributed by atoms with Crippen molar-refractivity contribution in [1.29, 1.82) is 0 Å². The van der Waals surface area contributed by atoms with Gasteiger partial charge in [0, 0.05) is 19.7 Å². The van der Waals surface area contributed by atoms with Crippen molar-refractivity contribution >= 4 is 11.6 Å². The van der Waals surface area contributed by atoms with Crippen molar-refractivity contribution in [2.45, 2.75) is 39.7 Å². The van der Waals surface area contributed by atoms with Gasteiger partial charge in [0.05, 0.1) is 18.0 Å². The monoisotopic (exact) mass is 279 g/mol. The minimum absolute atomic E-state index is 0.127. The van der Waals surface area contributed by atoms with Gasteiger partial charge in [-0.1, -0.05) is 0 Å². The smallest absolute Gasteiger partial charge is 0.269 e. The Kier molecular flexibility index (Phi) is 7.65. The summed E-state index contributed by atoms with van der Waals surface area (Å²) in [4.78, 5) is 16.0. The van der Waals surface area contributed by atoms with Gasteiger partial charge < -0.3 is 15.4 Å². The predicted octanol–water partition coefficient (Wildman–Crippen LogP) is 2.45. The highest BCUT2D eigenvalue weighted by molar-refractivity contribution is 5.92. The summed E-state index contributed by atoms with van der Waals surface area (Å²) in [5.74, 6) is -0.127. The number of carbonyl (C=O) groups excluding carboxylic acids is 1. The fourth-order valence-corrected chi connectivity index (χ4v) is 1.68. The molecule has 0 fully saturated rings. The van der Waals surface area contributed by atoms with Crippen LogP contribution in [0.15, 0.2) is 18.3 Å². The van der Waals surface area contributed by atoms with E-state index in [1.807, 2.05) is 26.8 Å². The third-order valence-corrected chi connectivity index (χ3v) is 2.68. The Balaban J connectivity index is 2.22. The van der Waals surface area contributed by atoms with Crippen molar-refractivity contribution in [2.75, 3.05) is 25.0 Å². The van der Waals surface area contributed by atoms with Gasteiger partial charge in [-0.15, -0.1) is 0 Å². The lowest BCUT2D eigenvalue weighted by atomic mass is 10.3. The third kappa shape index (κ3) is 6.52. The Morgan fingerprint density at radius 1 is 1.35 bits per heavy atom. The van der Waals surface area contributed by atoms with E-state index < -0.39 is 0 Å². The first-order valence-corrected chi connectivity index (χ1v) is 7.23. The molecule has 0 spiro atoms. The maximum Gasteiger partial charge on any atom is 0.269 e. The van der Waals surface area contributed by atoms with Crippen LogP contribution in [0.3, 0.4) is 0 Å². The number of aromatic nitrogens is 1. The number of hydrogen-bond acceptors (Lipinski definition) is 4. The first-order valence-electron chi connectivity index (χ1n) is 7.23. The van der Waals surface area contributed by atoms with E-state index in [1.54, 1.807) is 12.3 Å². The molecule has 0 bridgehead atoms. The molecule has 1 aromatic rings. The minimum Gasteiger partial charge on any atom is -0.384 e. The Morgan fingerprint density at radius 2 is 2.15 bits per heavy atom. The maximum atomic E-state index is 11.8. The molecular weight excluding hydrogens is 254 g/mol. The molecule has 0 aliphatic heterocycles. The Morgan fingerprint density at radius 3 is 2.75 bits per heavy atom. The topological polar surface area (TPSA) is 63.2 Å². The molecule has 2 N–H and O–H groups in total. The summed E-state index contributed by atoms with van der Waals surface area (Å²) in [6.45, 7) is 8.28. The number of amides is 1. The van der Waals surface area contributed by atoms with Crippen molar-refractivity contribution in [1.82, 2.24) is 10.3 Å². The summed E-state index contributed by atoms with van der Waals surface area (Å²) in [5, 5.41) is 6.00. The van der Waals surface area contributed by atoms with Crippen molar-refractivity contribution in [3.05, 3.63) is 24.0 Å². The molecule has 0 saturated carbocycles. The number of nitrogens with one attached hydrogen (secondary N) is 2. The number of rotatable bonds is 9. The molecule has 0 saturated heterocycles. The van der Waals surface area contributed by atoms with Gasteiger partial charge in [-0.25, -0.2) is 4.98 Å². The third-order valence-electron chi connectivity index (χ3n) is 2.68. The lowest BCUT2D eigenvalue weighted by molar-refractivity contribution is 0.0754. The van der Waals surface area contributed by atoms with Crippen molar-refractivity contribution in [3.63, 3.8) is 0 Å². The van der Waals surface area contributed by atoms with Crippen LogP contribution in [0.5, 0.6) is 0 Å². The van der Waals surface area contributed by atoms with Gasteiger partial charge in [-0.2, -0.15) is 0 Å². The Hall–Kier alpha value is -1.62. The second-order valence-corrected chi connectivity index (χ2v) is 4.84. The second-order valence-electron chi connectivity index (χ2n) is 4.84. The summed E-state index contributed by atoms with van der Waals surface area (Å²) in [7, 11) is 0. The van der Waals surface area contributed by atoms with Crippen LogP contribution in [0.25, 0.3) is 0 Å². The van der Waals surface area contributed by atoms with Gasteiger partial charge in [0.25, 0.3) is 5.91 Å². The van der Waals surface area contributed by atoms with Crippen LogP contribution < -0.4 is 10.6 Å². The number of hydrogen-bond donors (Lipinski definition) is 2. The number of ether oxygens (including phenoxy) is 1. The van der Waals surface area contributed by atoms with Crippen LogP contribution >= 0.6 is 0 Å². The predicted molar refractivity (Wildman–Crippen MR) is 81.1 cm³/mol. The number of nitrogens with zero attached hydrogens (tertiary/aromatic N) is 1. The highest BCUT2D eigenvalue weighted by Crippen LogP contribution is 2.05. The standard InChI is InChI=1S/C15H25N3O2/c1-4-16-13-7-8-14(18-11-13)15(19)17-9-5-6-10-20-12(2)3/h7-8,11-12,16H,4-6,9-10H2,1-3H3,(H,17,19). The average Bonchev–Trinajstić information content (AvgIpc) is 2.43. The molecule has 1 rings (SSSR count). The van der Waals surface area contributed by atoms with Gasteiger partial charge in [-0.3, -0.25) is 4.79 Å². The number of anilines is 1. The number of carbonyl (C=O) groups is 1. The van der Waals surface area contributed by atoms with Crippen LogP contribution in [-0.2, 0) is 4.74 Å². The average molecular weight is 279 g/mol. The van der Waals surface area contributed by atoms with E-state index in [4.69, 9.17) is 4.74 Å². The Labute approximate surface area is 121 Å². The highest BCUT2D eigenvalue weighted by Gasteiger charge is 2.05. The largest absolute Gasteiger partial charge is 0.384 e. The number of pyridine rings is 1. The molecule has 1 heterocycles. The molecule has 0 aromatic carbocycles. The molecule has 20 heavy (non-hydrogen) atoms. The second kappa shape index (κ2) is 9.31. The van der Waals surface area contributed by atoms with E-state index in [2.05, 4.69) is 15.6 Å². The van der Waals surface area contributed by atoms with Gasteiger partial charge in [0.2, 0.25) is 0 Å². The maximum absolute atomic E-state index is 11.8. The molecule has 1 amide bonds. The normalized spacial score (nSPS) is 10.6. The summed E-state index contributed by atoms with van der Waals surface area (Å²) in [5.41, 5.74) is 1.37. The zero-order chi connectivity index (χ0) is 14.8. The SMILES string of the molecule is CCNc1ccc(C(=O)NCCCCOC(C)C)nc1. The molecule has 112 valence electrons. The van der Waals surface area contributed by atoms with Crippen molar-refractivity contribution < 1.29 is 9.53 Å². The van der Waals surface area contributed by atoms with Gasteiger partial charge >= 0.3 is 0 Å². The van der Waals surface area contributed by atoms with Crippen LogP contribution in [0, 0.1) is 0 Å². The fraction of sp³-hybridized carbons (Fsp3) is 0.600. The van der Waals surface area contributed by atoms with E-state index in [9.17, 15) is 4.79 Å². The first kappa shape index (κ1) is 16.4. The molecule has 5 nitrogen and oxygen atoms in total. The van der Waals surface area contributed by atoms with Crippen LogP contribution in [0.2, 0.25) is 0 Å². The zero-order valence-electron chi connectivity index (χ0n) is 12.6. The van der Waals surface area contributed by atoms with Crippen LogP contribution in [0.4, 0.5) is 5.69 Å². The van der Waals surface area contributed by atoms with Crippen LogP contribution in [-0.4, -0.2) is 36.7 Å². The minimum atomic E-state index is -0.127. The van der Waals surface area contributed by atoms with E-state index in [-0.39, 0.29) is 12.0 Å². The summed E-state index contributed by atoms with van der Waals surface area (Å²) < 4.78 is 5.44. The van der Waals surface area contributed by atoms with E-state index in [0.717, 1.165) is 31.7 Å². The van der Waals surface area contributed by atoms with Crippen molar-refractivity contribution in [2.24, 2.45) is 0 Å². The summed E-state index contributed by atoms with van der Waals surface area (Å²) in [6, 6.07) is 3.59. The van der Waals surface area contributed by atoms with Gasteiger partial charge in [0.1, 0.15) is 5.69 Å². The van der Waals surface area contributed by atoms with Crippen molar-refractivity contribution in [3.8, 4) is 0 Å². The van der Waals surface area contributed by atoms with Crippen LogP contribution in [0.1, 0.15) is 44.1 Å². The molecular formula is C15H25N3O2. The zero-order valence-corrected chi connectivity index (χ0v) is 12.6. The lowest BCUT2D eigenvalue weighted by Crippen LogP contribution is -2.25. The van der Waals surface area contributed by atoms with E-state index in [1.165, 1.54) is 0 Å². The fourth-order valence-electron chi connectivity index (χ4n) is 1.68. The molecule has 0 unspecified atom stereocenters.